The second-order valence-electron chi connectivity index (χ2n) is 5.38. The molecule has 1 aromatic carbocycles. The van der Waals surface area contributed by atoms with Crippen LogP contribution in [0.1, 0.15) is 27.8 Å². The summed E-state index contributed by atoms with van der Waals surface area (Å²) >= 11 is 0. The van der Waals surface area contributed by atoms with Gasteiger partial charge >= 0.3 is 6.18 Å². The van der Waals surface area contributed by atoms with E-state index in [0.29, 0.717) is 0 Å². The molecule has 0 saturated heterocycles. The zero-order valence-corrected chi connectivity index (χ0v) is 18.1. The smallest absolute Gasteiger partial charge is 0.326 e. The van der Waals surface area contributed by atoms with Crippen molar-refractivity contribution < 1.29 is 47.5 Å². The first-order chi connectivity index (χ1) is 9.23. The third-order valence-electron chi connectivity index (χ3n) is 3.03. The van der Waals surface area contributed by atoms with E-state index in [1.807, 2.05) is 0 Å². The molecule has 143 valence electrons. The molecule has 0 saturated carbocycles. The van der Waals surface area contributed by atoms with E-state index >= 15 is 0 Å². The van der Waals surface area contributed by atoms with Crippen molar-refractivity contribution >= 4 is 7.92 Å². The minimum absolute atomic E-state index is 0. The van der Waals surface area contributed by atoms with E-state index in [1.165, 1.54) is 27.8 Å². The van der Waals surface area contributed by atoms with Gasteiger partial charge in [-0.3, -0.25) is 0 Å². The fraction of sp³-hybridized carbons (Fsp3) is 0.600. The standard InChI is InChI=1S/C10H15.C3H9P.C2F5.Ir.H2O/c1-6-7(2)9(4)10(5)8(6)3;1-4(2)3;3-1(4)2(5,6)7;;/h1-5H3;1-3H3;;;1H2/q-1;;-1;;/p+1. The number of hydrogen-bond acceptors (Lipinski definition) is 0. The minimum atomic E-state index is -5.42. The molecule has 8 heteroatoms. The molecule has 1 rings (SSSR count). The monoisotopic (exact) mass is 542 g/mol. The Morgan fingerprint density at radius 3 is 1.09 bits per heavy atom. The molecule has 0 aliphatic heterocycles. The van der Waals surface area contributed by atoms with E-state index in [-0.39, 0.29) is 33.5 Å². The second-order valence-corrected chi connectivity index (χ2v) is 8.38. The zero-order chi connectivity index (χ0) is 17.5. The van der Waals surface area contributed by atoms with Gasteiger partial charge in [0.1, 0.15) is 6.43 Å². The van der Waals surface area contributed by atoms with Crippen molar-refractivity contribution in [2.45, 2.75) is 40.8 Å². The fourth-order valence-electron chi connectivity index (χ4n) is 1.41. The van der Waals surface area contributed by atoms with Gasteiger partial charge in [0.15, 0.2) is 0 Å². The van der Waals surface area contributed by atoms with Crippen molar-refractivity contribution in [1.29, 1.82) is 0 Å². The van der Waals surface area contributed by atoms with Gasteiger partial charge in [-0.2, -0.15) is 27.8 Å². The summed E-state index contributed by atoms with van der Waals surface area (Å²) in [4.78, 5) is 0. The van der Waals surface area contributed by atoms with Crippen molar-refractivity contribution in [3.8, 4) is 0 Å². The van der Waals surface area contributed by atoms with Crippen LogP contribution in [0.2, 0.25) is 0 Å². The van der Waals surface area contributed by atoms with Crippen molar-refractivity contribution in [1.82, 2.24) is 0 Å². The number of halogens is 5. The molecule has 0 aromatic heterocycles. The van der Waals surface area contributed by atoms with Crippen molar-refractivity contribution in [2.75, 3.05) is 20.0 Å². The maximum Gasteiger partial charge on any atom is 0.326 e. The average Bonchev–Trinajstić information content (AvgIpc) is 2.46. The molecule has 0 unspecified atom stereocenters. The van der Waals surface area contributed by atoms with E-state index in [0.717, 1.165) is 0 Å². The number of hydrogen-bond donors (Lipinski definition) is 0. The van der Waals surface area contributed by atoms with Gasteiger partial charge in [-0.15, -0.1) is 0 Å². The molecule has 0 aliphatic rings. The molecule has 0 spiro atoms. The molecule has 0 fully saturated rings. The maximum atomic E-state index is 10.4. The molecule has 0 amide bonds. The van der Waals surface area contributed by atoms with Gasteiger partial charge < -0.3 is 14.3 Å². The van der Waals surface area contributed by atoms with E-state index in [2.05, 4.69) is 54.6 Å². The van der Waals surface area contributed by atoms with Crippen molar-refractivity contribution in [2.24, 2.45) is 0 Å². The Kier molecular flexibility index (Phi) is 17.9. The normalized spacial score (nSPS) is 10.0. The van der Waals surface area contributed by atoms with Crippen LogP contribution in [0.4, 0.5) is 22.0 Å². The van der Waals surface area contributed by atoms with Gasteiger partial charge in [0, 0.05) is 40.1 Å². The van der Waals surface area contributed by atoms with Gasteiger partial charge in [-0.1, -0.05) is 34.6 Å². The Balaban J connectivity index is -0.000000124. The van der Waals surface area contributed by atoms with Crippen LogP contribution in [0.15, 0.2) is 0 Å². The summed E-state index contributed by atoms with van der Waals surface area (Å²) in [6, 6.07) is 0. The second kappa shape index (κ2) is 13.3. The Hall–Kier alpha value is 0.0394. The van der Waals surface area contributed by atoms with Gasteiger partial charge in [0.2, 0.25) is 0 Å². The van der Waals surface area contributed by atoms with E-state index in [4.69, 9.17) is 0 Å². The van der Waals surface area contributed by atoms with Gasteiger partial charge in [-0.25, -0.2) is 13.2 Å². The van der Waals surface area contributed by atoms with E-state index < -0.39 is 12.6 Å². The Bertz CT molecular complexity index is 345. The van der Waals surface area contributed by atoms with Crippen LogP contribution >= 0.6 is 7.92 Å². The summed E-state index contributed by atoms with van der Waals surface area (Å²) in [5.41, 5.74) is 7.34. The Morgan fingerprint density at radius 2 is 1.04 bits per heavy atom. The molecule has 1 nitrogen and oxygen atoms in total. The predicted molar refractivity (Wildman–Crippen MR) is 86.9 cm³/mol. The maximum absolute atomic E-state index is 10.4. The average molecular weight is 542 g/mol. The topological polar surface area (TPSA) is 31.5 Å². The molecule has 1 radical (unpaired) electrons. The molecular formula is C15H27F5IrOP-. The SMILES string of the molecule is C[PH+](C)C.Cc1c(C)c(C)[c-](C)c1C.F[C-](F)C(F)(F)F.O.[Ir]. The first-order valence-electron chi connectivity index (χ1n) is 6.44. The Morgan fingerprint density at radius 1 is 0.870 bits per heavy atom. The van der Waals surface area contributed by atoms with Crippen LogP contribution in [-0.4, -0.2) is 31.6 Å². The number of alkyl halides is 3. The quantitative estimate of drug-likeness (QED) is 0.246. The first kappa shape index (κ1) is 30.9. The fourth-order valence-corrected chi connectivity index (χ4v) is 1.41. The zero-order valence-electron chi connectivity index (χ0n) is 14.7. The van der Waals surface area contributed by atoms with Crippen LogP contribution in [0, 0.1) is 41.0 Å². The van der Waals surface area contributed by atoms with Crippen LogP contribution in [0.5, 0.6) is 0 Å². The molecule has 0 atom stereocenters. The van der Waals surface area contributed by atoms with Crippen LogP contribution in [-0.2, 0) is 20.1 Å². The molecule has 2 N–H and O–H groups in total. The minimum Gasteiger partial charge on any atom is -0.412 e. The summed E-state index contributed by atoms with van der Waals surface area (Å²) in [6.07, 6.45) is -8.92. The van der Waals surface area contributed by atoms with Crippen LogP contribution in [0.3, 0.4) is 0 Å². The molecule has 0 bridgehead atoms. The largest absolute Gasteiger partial charge is 0.412 e. The summed E-state index contributed by atoms with van der Waals surface area (Å²) in [5, 5.41) is 0. The molecule has 0 aliphatic carbocycles. The predicted octanol–water partition coefficient (Wildman–Crippen LogP) is 5.19. The Labute approximate surface area is 150 Å². The third-order valence-corrected chi connectivity index (χ3v) is 3.03. The molecule has 1 aromatic rings. The van der Waals surface area contributed by atoms with Crippen LogP contribution in [0.25, 0.3) is 0 Å². The van der Waals surface area contributed by atoms with Gasteiger partial charge in [0.05, 0.1) is 0 Å². The molecular weight excluding hydrogens is 514 g/mol. The molecule has 0 heterocycles. The number of rotatable bonds is 0. The first-order valence-corrected chi connectivity index (χ1v) is 9.44. The summed E-state index contributed by atoms with van der Waals surface area (Å²) < 4.78 is 51.8. The van der Waals surface area contributed by atoms with E-state index in [1.54, 1.807) is 0 Å². The summed E-state index contributed by atoms with van der Waals surface area (Å²) in [7, 11) is 0.120. The summed E-state index contributed by atoms with van der Waals surface area (Å²) in [6.45, 7) is 17.8. The molecule has 23 heavy (non-hydrogen) atoms. The van der Waals surface area contributed by atoms with Gasteiger partial charge in [0.25, 0.3) is 0 Å². The third kappa shape index (κ3) is 13.1. The van der Waals surface area contributed by atoms with Gasteiger partial charge in [-0.05, 0) is 7.92 Å². The summed E-state index contributed by atoms with van der Waals surface area (Å²) in [5.74, 6) is 0. The van der Waals surface area contributed by atoms with E-state index in [9.17, 15) is 22.0 Å². The van der Waals surface area contributed by atoms with Crippen molar-refractivity contribution in [3.05, 3.63) is 34.2 Å². The van der Waals surface area contributed by atoms with Crippen LogP contribution < -0.4 is 0 Å². The van der Waals surface area contributed by atoms with Crippen molar-refractivity contribution in [3.63, 3.8) is 0 Å².